The van der Waals surface area contributed by atoms with Gasteiger partial charge in [0.05, 0.1) is 0 Å². The maximum Gasteiger partial charge on any atom is 0.333 e. The number of urea groups is 1. The van der Waals surface area contributed by atoms with Gasteiger partial charge < -0.3 is 19.9 Å². The molecule has 2 aliphatic heterocycles. The van der Waals surface area contributed by atoms with Crippen LogP contribution in [0.5, 0.6) is 5.75 Å². The van der Waals surface area contributed by atoms with Gasteiger partial charge in [0.25, 0.3) is 38.1 Å². The Morgan fingerprint density at radius 2 is 1.06 bits per heavy atom. The van der Waals surface area contributed by atoms with Gasteiger partial charge in [-0.1, -0.05) is 55.4 Å². The number of primary sulfonamides is 1. The number of nitriles is 1. The second kappa shape index (κ2) is 20.7. The number of sulfonamides is 2. The minimum atomic E-state index is -4.34. The van der Waals surface area contributed by atoms with Crippen LogP contribution in [0.4, 0.5) is 19.3 Å². The lowest BCUT2D eigenvalue weighted by Gasteiger charge is -2.30. The SMILES string of the molecule is CC(C)c1cc(F)cc(C(C)C)c1NC(=O)NS(=O)(=O)c1cc(C(=O)N2CCC2)n(C)n1.CC(C)c1cc(F)cc(C(C)C)c1OC#N.Cn1nc(S(N)(=O)=O)cc1C(=O)N1CCC1. The summed E-state index contributed by atoms with van der Waals surface area (Å²) in [4.78, 5) is 40.1. The monoisotopic (exact) mass is 930 g/mol. The average Bonchev–Trinajstić information content (AvgIpc) is 3.74. The third-order valence-corrected chi connectivity index (χ3v) is 12.4. The van der Waals surface area contributed by atoms with Gasteiger partial charge in [0.1, 0.15) is 28.8 Å². The summed E-state index contributed by atoms with van der Waals surface area (Å²) in [5, 5.41) is 23.0. The zero-order valence-electron chi connectivity index (χ0n) is 37.6. The van der Waals surface area contributed by atoms with Crippen LogP contribution in [-0.4, -0.2) is 90.2 Å². The molecule has 4 heterocycles. The predicted molar refractivity (Wildman–Crippen MR) is 234 cm³/mol. The number of anilines is 1. The van der Waals surface area contributed by atoms with E-state index in [1.165, 1.54) is 53.8 Å². The summed E-state index contributed by atoms with van der Waals surface area (Å²) in [6.45, 7) is 17.8. The molecule has 2 saturated heterocycles. The fraction of sp³-hybridized carbons (Fsp3) is 0.476. The van der Waals surface area contributed by atoms with Gasteiger partial charge in [-0.05, 0) is 71.9 Å². The van der Waals surface area contributed by atoms with Gasteiger partial charge in [0.15, 0.2) is 10.1 Å². The van der Waals surface area contributed by atoms with Crippen LogP contribution in [0.3, 0.4) is 0 Å². The molecule has 22 heteroatoms. The Labute approximate surface area is 372 Å². The van der Waals surface area contributed by atoms with Crippen LogP contribution in [0.15, 0.2) is 46.5 Å². The lowest BCUT2D eigenvalue weighted by atomic mass is 9.92. The number of aryl methyl sites for hydroxylation is 2. The molecule has 0 saturated carbocycles. The molecule has 4 amide bonds. The van der Waals surface area contributed by atoms with Crippen LogP contribution in [-0.2, 0) is 34.1 Å². The van der Waals surface area contributed by atoms with Gasteiger partial charge in [-0.2, -0.15) is 18.6 Å². The molecule has 18 nitrogen and oxygen atoms in total. The Morgan fingerprint density at radius 3 is 1.39 bits per heavy atom. The highest BCUT2D eigenvalue weighted by Crippen LogP contribution is 2.36. The molecule has 6 rings (SSSR count). The van der Waals surface area contributed by atoms with Crippen LogP contribution >= 0.6 is 0 Å². The summed E-state index contributed by atoms with van der Waals surface area (Å²) in [7, 11) is -5.22. The smallest absolute Gasteiger partial charge is 0.333 e. The fourth-order valence-electron chi connectivity index (χ4n) is 6.59. The molecule has 2 aliphatic rings. The van der Waals surface area contributed by atoms with Gasteiger partial charge in [0.2, 0.25) is 0 Å². The van der Waals surface area contributed by atoms with Crippen molar-refractivity contribution in [2.75, 3.05) is 31.5 Å². The number of hydrogen-bond acceptors (Lipinski definition) is 11. The van der Waals surface area contributed by atoms with E-state index in [0.717, 1.165) is 30.0 Å². The Kier molecular flexibility index (Phi) is 16.4. The third-order valence-electron chi connectivity index (χ3n) is 10.4. The molecular weight excluding hydrogens is 875 g/mol. The molecule has 2 fully saturated rings. The largest absolute Gasteiger partial charge is 0.387 e. The van der Waals surface area contributed by atoms with Crippen LogP contribution in [0.1, 0.15) is 135 Å². The van der Waals surface area contributed by atoms with Crippen molar-refractivity contribution in [2.45, 2.75) is 102 Å². The maximum atomic E-state index is 14.1. The number of likely N-dealkylation sites (tertiary alicyclic amines) is 2. The number of nitrogens with one attached hydrogen (secondary N) is 2. The number of carbonyl (C=O) groups excluding carboxylic acids is 3. The first-order valence-corrected chi connectivity index (χ1v) is 23.6. The Bertz CT molecular complexity index is 2590. The van der Waals surface area contributed by atoms with E-state index < -0.39 is 36.9 Å². The summed E-state index contributed by atoms with van der Waals surface area (Å²) < 4.78 is 84.4. The molecule has 4 aromatic rings. The van der Waals surface area contributed by atoms with E-state index >= 15 is 0 Å². The molecule has 0 unspecified atom stereocenters. The number of ether oxygens (including phenoxy) is 1. The highest BCUT2D eigenvalue weighted by molar-refractivity contribution is 7.90. The van der Waals surface area contributed by atoms with Crippen molar-refractivity contribution in [1.82, 2.24) is 34.1 Å². The van der Waals surface area contributed by atoms with E-state index in [9.17, 15) is 40.0 Å². The summed E-state index contributed by atoms with van der Waals surface area (Å²) >= 11 is 0. The zero-order valence-corrected chi connectivity index (χ0v) is 39.2. The van der Waals surface area contributed by atoms with Crippen LogP contribution in [0.2, 0.25) is 0 Å². The molecule has 0 radical (unpaired) electrons. The number of rotatable bonds is 11. The van der Waals surface area contributed by atoms with Crippen LogP contribution < -0.4 is 19.9 Å². The fourth-order valence-corrected chi connectivity index (χ4v) is 8.00. The van der Waals surface area contributed by atoms with Gasteiger partial charge in [-0.25, -0.2) is 31.9 Å². The van der Waals surface area contributed by atoms with Gasteiger partial charge >= 0.3 is 6.03 Å². The summed E-state index contributed by atoms with van der Waals surface area (Å²) in [5.41, 5.74) is 3.33. The molecule has 0 bridgehead atoms. The highest BCUT2D eigenvalue weighted by Gasteiger charge is 2.30. The molecule has 0 spiro atoms. The van der Waals surface area contributed by atoms with E-state index in [0.29, 0.717) is 48.7 Å². The topological polar surface area (TPSA) is 245 Å². The van der Waals surface area contributed by atoms with Crippen molar-refractivity contribution in [3.05, 3.63) is 81.7 Å². The van der Waals surface area contributed by atoms with Crippen molar-refractivity contribution in [3.8, 4) is 12.0 Å². The van der Waals surface area contributed by atoms with Crippen LogP contribution in [0, 0.1) is 23.2 Å². The Balaban J connectivity index is 0.000000234. The molecule has 2 aromatic carbocycles. The van der Waals surface area contributed by atoms with Gasteiger partial charge in [0, 0.05) is 69.2 Å². The first kappa shape index (κ1) is 50.7. The molecule has 64 heavy (non-hydrogen) atoms. The van der Waals surface area contributed by atoms with E-state index in [1.54, 1.807) is 16.1 Å². The number of carbonyl (C=O) groups is 3. The van der Waals surface area contributed by atoms with Crippen molar-refractivity contribution in [1.29, 1.82) is 5.26 Å². The van der Waals surface area contributed by atoms with E-state index in [1.807, 2.05) is 60.1 Å². The van der Waals surface area contributed by atoms with E-state index in [-0.39, 0.29) is 57.7 Å². The lowest BCUT2D eigenvalue weighted by Crippen LogP contribution is -2.42. The average molecular weight is 931 g/mol. The number of halogens is 2. The number of amides is 4. The second-order valence-electron chi connectivity index (χ2n) is 16.6. The predicted octanol–water partition coefficient (Wildman–Crippen LogP) is 6.01. The summed E-state index contributed by atoms with van der Waals surface area (Å²) in [6, 6.07) is 6.87. The van der Waals surface area contributed by atoms with E-state index in [2.05, 4.69) is 15.5 Å². The first-order valence-electron chi connectivity index (χ1n) is 20.5. The van der Waals surface area contributed by atoms with Crippen molar-refractivity contribution < 1.29 is 44.7 Å². The standard InChI is InChI=1S/C21H28FN5O4S.C13H16FNO.C8H12N4O3S/c1-12(2)15-9-14(22)10-16(13(3)4)19(15)23-21(29)25-32(30,31)18-11-17(26(5)24-18)20(28)27-7-6-8-27;1-8(2)11-5-10(14)6-12(9(3)4)13(11)16-7-15;1-11-6(8(13)12-3-2-4-12)5-7(10-11)16(9,14)15/h9-13H,6-8H2,1-5H3,(H2,23,25,29);5-6,8-9H,1-4H3;5H,2-4H2,1H3,(H2,9,14,15). The van der Waals surface area contributed by atoms with Crippen molar-refractivity contribution in [3.63, 3.8) is 0 Å². The zero-order chi connectivity index (χ0) is 48.0. The number of hydrogen-bond donors (Lipinski definition) is 3. The minimum absolute atomic E-state index is 0.110. The molecule has 0 aliphatic carbocycles. The molecule has 4 N–H and O–H groups in total. The highest BCUT2D eigenvalue weighted by atomic mass is 32.2. The second-order valence-corrected chi connectivity index (χ2v) is 19.7. The number of benzene rings is 2. The molecule has 348 valence electrons. The van der Waals surface area contributed by atoms with Gasteiger partial charge in [-0.3, -0.25) is 19.0 Å². The quantitative estimate of drug-likeness (QED) is 0.147. The minimum Gasteiger partial charge on any atom is -0.387 e. The molecule has 0 atom stereocenters. The van der Waals surface area contributed by atoms with E-state index in [4.69, 9.17) is 15.1 Å². The summed E-state index contributed by atoms with van der Waals surface area (Å²) in [6.07, 6.45) is 3.55. The molecule has 2 aromatic heterocycles. The van der Waals surface area contributed by atoms with Crippen molar-refractivity contribution >= 4 is 43.6 Å². The number of nitrogens with two attached hydrogens (primary N) is 1. The Morgan fingerprint density at radius 1 is 0.688 bits per heavy atom. The number of nitrogens with zero attached hydrogens (tertiary/aromatic N) is 7. The van der Waals surface area contributed by atoms with Gasteiger partial charge in [-0.15, -0.1) is 5.26 Å². The lowest BCUT2D eigenvalue weighted by molar-refractivity contribution is 0.0633. The van der Waals surface area contributed by atoms with Crippen molar-refractivity contribution in [2.24, 2.45) is 19.2 Å². The Hall–Kier alpha value is -5.92. The van der Waals surface area contributed by atoms with Crippen LogP contribution in [0.25, 0.3) is 0 Å². The maximum absolute atomic E-state index is 14.1. The number of aromatic nitrogens is 4. The molecular formula is C42H56F2N10O8S2. The third kappa shape index (κ3) is 12.2. The first-order chi connectivity index (χ1) is 29.8. The normalized spacial score (nSPS) is 13.6. The summed E-state index contributed by atoms with van der Waals surface area (Å²) in [5.74, 6) is -0.701.